The minimum Gasteiger partial charge on any atom is -0.484 e. The maximum atomic E-state index is 13.5. The van der Waals surface area contributed by atoms with Crippen molar-refractivity contribution < 1.29 is 18.7 Å². The molecule has 126 valence electrons. The fourth-order valence-electron chi connectivity index (χ4n) is 1.94. The lowest BCUT2D eigenvalue weighted by Crippen LogP contribution is -2.43. The maximum Gasteiger partial charge on any atom is 0.258 e. The summed E-state index contributed by atoms with van der Waals surface area (Å²) in [5, 5.41) is 4.93. The van der Waals surface area contributed by atoms with Crippen molar-refractivity contribution in [3.05, 3.63) is 59.9 Å². The Morgan fingerprint density at radius 1 is 1.12 bits per heavy atom. The van der Waals surface area contributed by atoms with Crippen LogP contribution in [0.1, 0.15) is 12.5 Å². The molecule has 0 aliphatic carbocycles. The van der Waals surface area contributed by atoms with Crippen LogP contribution < -0.4 is 15.4 Å². The van der Waals surface area contributed by atoms with Gasteiger partial charge in [0.25, 0.3) is 5.91 Å². The van der Waals surface area contributed by atoms with E-state index in [1.54, 1.807) is 18.2 Å². The summed E-state index contributed by atoms with van der Waals surface area (Å²) in [4.78, 5) is 23.8. The SMILES string of the molecule is Cc1ccc(OCC(=O)NC(C)C(=O)Nc2ccccc2F)cc1. The molecule has 0 heterocycles. The molecule has 2 rings (SSSR count). The summed E-state index contributed by atoms with van der Waals surface area (Å²) in [5.41, 5.74) is 1.16. The van der Waals surface area contributed by atoms with Gasteiger partial charge in [0.15, 0.2) is 6.61 Å². The summed E-state index contributed by atoms with van der Waals surface area (Å²) in [5.74, 6) is -0.915. The van der Waals surface area contributed by atoms with Crippen molar-refractivity contribution in [1.29, 1.82) is 0 Å². The molecule has 0 saturated heterocycles. The van der Waals surface area contributed by atoms with Crippen molar-refractivity contribution in [2.45, 2.75) is 19.9 Å². The molecule has 6 heteroatoms. The number of nitrogens with one attached hydrogen (secondary N) is 2. The largest absolute Gasteiger partial charge is 0.484 e. The zero-order chi connectivity index (χ0) is 17.5. The molecule has 5 nitrogen and oxygen atoms in total. The van der Waals surface area contributed by atoms with Gasteiger partial charge in [-0.15, -0.1) is 0 Å². The third kappa shape index (κ3) is 5.08. The van der Waals surface area contributed by atoms with E-state index in [-0.39, 0.29) is 12.3 Å². The molecule has 0 fully saturated rings. The van der Waals surface area contributed by atoms with Crippen LogP contribution in [-0.4, -0.2) is 24.5 Å². The van der Waals surface area contributed by atoms with Gasteiger partial charge in [0, 0.05) is 0 Å². The summed E-state index contributed by atoms with van der Waals surface area (Å²) >= 11 is 0. The van der Waals surface area contributed by atoms with Crippen molar-refractivity contribution in [3.8, 4) is 5.75 Å². The molecular weight excluding hydrogens is 311 g/mol. The molecule has 0 aliphatic rings. The van der Waals surface area contributed by atoms with E-state index in [2.05, 4.69) is 10.6 Å². The van der Waals surface area contributed by atoms with Crippen LogP contribution in [0.5, 0.6) is 5.75 Å². The van der Waals surface area contributed by atoms with Gasteiger partial charge in [0.2, 0.25) is 5.91 Å². The van der Waals surface area contributed by atoms with E-state index in [0.717, 1.165) is 5.56 Å². The Morgan fingerprint density at radius 3 is 2.46 bits per heavy atom. The second-order valence-electron chi connectivity index (χ2n) is 5.36. The Bertz CT molecular complexity index is 716. The first kappa shape index (κ1) is 17.5. The fraction of sp³-hybridized carbons (Fsp3) is 0.222. The lowest BCUT2D eigenvalue weighted by molar-refractivity contribution is -0.127. The molecule has 0 bridgehead atoms. The minimum absolute atomic E-state index is 0.0690. The first-order chi connectivity index (χ1) is 11.5. The van der Waals surface area contributed by atoms with Gasteiger partial charge in [-0.2, -0.15) is 0 Å². The number of anilines is 1. The average molecular weight is 330 g/mol. The van der Waals surface area contributed by atoms with E-state index in [0.29, 0.717) is 5.75 Å². The molecule has 0 radical (unpaired) electrons. The van der Waals surface area contributed by atoms with Crippen LogP contribution in [0, 0.1) is 12.7 Å². The zero-order valence-electron chi connectivity index (χ0n) is 13.5. The fourth-order valence-corrected chi connectivity index (χ4v) is 1.94. The number of hydrogen-bond acceptors (Lipinski definition) is 3. The Labute approximate surface area is 139 Å². The topological polar surface area (TPSA) is 67.4 Å². The first-order valence-corrected chi connectivity index (χ1v) is 7.50. The summed E-state index contributed by atoms with van der Waals surface area (Å²) in [6.07, 6.45) is 0. The van der Waals surface area contributed by atoms with Crippen LogP contribution in [0.25, 0.3) is 0 Å². The highest BCUT2D eigenvalue weighted by Crippen LogP contribution is 2.13. The molecule has 1 unspecified atom stereocenters. The van der Waals surface area contributed by atoms with E-state index in [4.69, 9.17) is 4.74 Å². The molecule has 2 aromatic carbocycles. The number of aryl methyl sites for hydroxylation is 1. The van der Waals surface area contributed by atoms with Crippen LogP contribution in [0.4, 0.5) is 10.1 Å². The molecule has 2 aromatic rings. The van der Waals surface area contributed by atoms with Crippen LogP contribution >= 0.6 is 0 Å². The standard InChI is InChI=1S/C18H19FN2O3/c1-12-7-9-14(10-8-12)24-11-17(22)20-13(2)18(23)21-16-6-4-3-5-15(16)19/h3-10,13H,11H2,1-2H3,(H,20,22)(H,21,23). The van der Waals surface area contributed by atoms with E-state index >= 15 is 0 Å². The highest BCUT2D eigenvalue weighted by Gasteiger charge is 2.17. The molecular formula is C18H19FN2O3. The Kier molecular flexibility index (Phi) is 5.89. The molecule has 24 heavy (non-hydrogen) atoms. The van der Waals surface area contributed by atoms with Gasteiger partial charge in [-0.25, -0.2) is 4.39 Å². The first-order valence-electron chi connectivity index (χ1n) is 7.50. The number of rotatable bonds is 6. The Balaban J connectivity index is 1.81. The van der Waals surface area contributed by atoms with Gasteiger partial charge < -0.3 is 15.4 Å². The number of halogens is 1. The van der Waals surface area contributed by atoms with Gasteiger partial charge in [0.05, 0.1) is 5.69 Å². The number of para-hydroxylation sites is 1. The number of ether oxygens (including phenoxy) is 1. The number of carbonyl (C=O) groups excluding carboxylic acids is 2. The van der Waals surface area contributed by atoms with Crippen LogP contribution in [0.3, 0.4) is 0 Å². The smallest absolute Gasteiger partial charge is 0.258 e. The predicted molar refractivity (Wildman–Crippen MR) is 89.3 cm³/mol. The molecule has 0 aromatic heterocycles. The minimum atomic E-state index is -0.821. The molecule has 0 saturated carbocycles. The maximum absolute atomic E-state index is 13.5. The second-order valence-corrected chi connectivity index (χ2v) is 5.36. The van der Waals surface area contributed by atoms with E-state index in [1.165, 1.54) is 25.1 Å². The Hall–Kier alpha value is -2.89. The molecule has 0 aliphatic heterocycles. The molecule has 2 N–H and O–H groups in total. The quantitative estimate of drug-likeness (QED) is 0.856. The van der Waals surface area contributed by atoms with E-state index in [1.807, 2.05) is 19.1 Å². The normalized spacial score (nSPS) is 11.5. The van der Waals surface area contributed by atoms with E-state index in [9.17, 15) is 14.0 Å². The number of benzene rings is 2. The van der Waals surface area contributed by atoms with Crippen molar-refractivity contribution in [2.75, 3.05) is 11.9 Å². The summed E-state index contributed by atoms with van der Waals surface area (Å²) in [7, 11) is 0. The molecule has 1 atom stereocenters. The van der Waals surface area contributed by atoms with Crippen molar-refractivity contribution >= 4 is 17.5 Å². The van der Waals surface area contributed by atoms with Crippen molar-refractivity contribution in [1.82, 2.24) is 5.32 Å². The predicted octanol–water partition coefficient (Wildman–Crippen LogP) is 2.66. The van der Waals surface area contributed by atoms with Crippen molar-refractivity contribution in [3.63, 3.8) is 0 Å². The van der Waals surface area contributed by atoms with Gasteiger partial charge in [-0.05, 0) is 38.1 Å². The highest BCUT2D eigenvalue weighted by molar-refractivity contribution is 5.97. The number of amides is 2. The van der Waals surface area contributed by atoms with Crippen LogP contribution in [0.2, 0.25) is 0 Å². The summed E-state index contributed by atoms with van der Waals surface area (Å²) in [6.45, 7) is 3.26. The molecule has 0 spiro atoms. The van der Waals surface area contributed by atoms with Crippen LogP contribution in [0.15, 0.2) is 48.5 Å². The van der Waals surface area contributed by atoms with E-state index < -0.39 is 23.7 Å². The average Bonchev–Trinajstić information content (AvgIpc) is 2.56. The summed E-state index contributed by atoms with van der Waals surface area (Å²) in [6, 6.07) is 12.3. The number of carbonyl (C=O) groups is 2. The van der Waals surface area contributed by atoms with Gasteiger partial charge in [0.1, 0.15) is 17.6 Å². The Morgan fingerprint density at radius 2 is 1.79 bits per heavy atom. The van der Waals surface area contributed by atoms with Crippen LogP contribution in [-0.2, 0) is 9.59 Å². The van der Waals surface area contributed by atoms with Gasteiger partial charge >= 0.3 is 0 Å². The lowest BCUT2D eigenvalue weighted by Gasteiger charge is -2.15. The highest BCUT2D eigenvalue weighted by atomic mass is 19.1. The van der Waals surface area contributed by atoms with Crippen molar-refractivity contribution in [2.24, 2.45) is 0 Å². The second kappa shape index (κ2) is 8.10. The lowest BCUT2D eigenvalue weighted by atomic mass is 10.2. The summed E-state index contributed by atoms with van der Waals surface area (Å²) < 4.78 is 18.8. The zero-order valence-corrected chi connectivity index (χ0v) is 13.5. The number of hydrogen-bond donors (Lipinski definition) is 2. The molecule has 2 amide bonds. The van der Waals surface area contributed by atoms with Gasteiger partial charge in [-0.3, -0.25) is 9.59 Å². The third-order valence-electron chi connectivity index (χ3n) is 3.29. The monoisotopic (exact) mass is 330 g/mol. The van der Waals surface area contributed by atoms with Gasteiger partial charge in [-0.1, -0.05) is 29.8 Å². The third-order valence-corrected chi connectivity index (χ3v) is 3.29.